The fourth-order valence-corrected chi connectivity index (χ4v) is 4.04. The van der Waals surface area contributed by atoms with Gasteiger partial charge in [-0.15, -0.1) is 0 Å². The number of sulfone groups is 1. The van der Waals surface area contributed by atoms with Gasteiger partial charge in [0, 0.05) is 25.0 Å². The lowest BCUT2D eigenvalue weighted by atomic mass is 10.2. The van der Waals surface area contributed by atoms with E-state index < -0.39 is 9.84 Å². The first kappa shape index (κ1) is 14.9. The Bertz CT molecular complexity index is 559. The third-order valence-electron chi connectivity index (χ3n) is 3.46. The molecule has 1 fully saturated rings. The van der Waals surface area contributed by atoms with Crippen LogP contribution in [-0.4, -0.2) is 55.3 Å². The lowest BCUT2D eigenvalue weighted by Crippen LogP contribution is -2.41. The summed E-state index contributed by atoms with van der Waals surface area (Å²) in [5.41, 5.74) is 0.986. The maximum atomic E-state index is 11.8. The van der Waals surface area contributed by atoms with Crippen LogP contribution in [0.1, 0.15) is 12.0 Å². The van der Waals surface area contributed by atoms with Gasteiger partial charge in [-0.2, -0.15) is 0 Å². The number of nitrogens with one attached hydrogen (secondary N) is 1. The topological polar surface area (TPSA) is 79.4 Å². The highest BCUT2D eigenvalue weighted by molar-refractivity contribution is 7.91. The fraction of sp³-hybridized carbons (Fsp3) is 0.538. The molecule has 1 aromatic rings. The summed E-state index contributed by atoms with van der Waals surface area (Å²) >= 11 is 0. The molecule has 0 radical (unpaired) electrons. The molecule has 2 heterocycles. The standard InChI is InChI=1S/C13H19N3O3S/c1-16(12-4-7-20(18,19)10-12)9-13(17)15-8-11-2-5-14-6-3-11/h2-3,5-6,12H,4,7-10H2,1H3,(H,15,17). The Balaban J connectivity index is 1.77. The van der Waals surface area contributed by atoms with E-state index in [1.54, 1.807) is 19.4 Å². The summed E-state index contributed by atoms with van der Waals surface area (Å²) in [6.07, 6.45) is 3.96. The van der Waals surface area contributed by atoms with E-state index in [9.17, 15) is 13.2 Å². The maximum absolute atomic E-state index is 11.8. The SMILES string of the molecule is CN(CC(=O)NCc1ccncc1)C1CCS(=O)(=O)C1. The number of hydrogen-bond donors (Lipinski definition) is 1. The van der Waals surface area contributed by atoms with E-state index in [-0.39, 0.29) is 30.0 Å². The molecular formula is C13H19N3O3S. The minimum absolute atomic E-state index is 0.0494. The molecule has 1 N–H and O–H groups in total. The monoisotopic (exact) mass is 297 g/mol. The molecule has 0 aromatic carbocycles. The van der Waals surface area contributed by atoms with Crippen LogP contribution in [-0.2, 0) is 21.2 Å². The minimum Gasteiger partial charge on any atom is -0.351 e. The predicted molar refractivity (Wildman–Crippen MR) is 75.8 cm³/mol. The van der Waals surface area contributed by atoms with E-state index in [0.29, 0.717) is 13.0 Å². The van der Waals surface area contributed by atoms with Gasteiger partial charge in [0.1, 0.15) is 0 Å². The highest BCUT2D eigenvalue weighted by Crippen LogP contribution is 2.15. The summed E-state index contributed by atoms with van der Waals surface area (Å²) in [5, 5.41) is 2.82. The highest BCUT2D eigenvalue weighted by atomic mass is 32.2. The molecule has 0 spiro atoms. The van der Waals surface area contributed by atoms with Gasteiger partial charge in [0.05, 0.1) is 18.1 Å². The van der Waals surface area contributed by atoms with Crippen LogP contribution >= 0.6 is 0 Å². The highest BCUT2D eigenvalue weighted by Gasteiger charge is 2.31. The number of pyridine rings is 1. The van der Waals surface area contributed by atoms with Gasteiger partial charge in [0.15, 0.2) is 9.84 Å². The number of carbonyl (C=O) groups is 1. The van der Waals surface area contributed by atoms with Crippen molar-refractivity contribution in [3.05, 3.63) is 30.1 Å². The van der Waals surface area contributed by atoms with Crippen LogP contribution in [0.15, 0.2) is 24.5 Å². The van der Waals surface area contributed by atoms with E-state index in [0.717, 1.165) is 5.56 Å². The lowest BCUT2D eigenvalue weighted by molar-refractivity contribution is -0.122. The summed E-state index contributed by atoms with van der Waals surface area (Å²) in [5.74, 6) is 0.274. The van der Waals surface area contributed by atoms with Crippen LogP contribution in [0.2, 0.25) is 0 Å². The zero-order valence-electron chi connectivity index (χ0n) is 11.4. The van der Waals surface area contributed by atoms with E-state index in [1.165, 1.54) is 0 Å². The van der Waals surface area contributed by atoms with Crippen molar-refractivity contribution in [1.82, 2.24) is 15.2 Å². The predicted octanol–water partition coefficient (Wildman–Crippen LogP) is -0.183. The zero-order valence-corrected chi connectivity index (χ0v) is 12.3. The molecule has 1 amide bonds. The molecule has 1 unspecified atom stereocenters. The molecule has 1 aromatic heterocycles. The molecule has 20 heavy (non-hydrogen) atoms. The Hall–Kier alpha value is -1.47. The second-order valence-electron chi connectivity index (χ2n) is 5.10. The van der Waals surface area contributed by atoms with Crippen molar-refractivity contribution in [2.45, 2.75) is 19.0 Å². The Morgan fingerprint density at radius 2 is 2.15 bits per heavy atom. The summed E-state index contributed by atoms with van der Waals surface area (Å²) in [4.78, 5) is 17.5. The van der Waals surface area contributed by atoms with E-state index >= 15 is 0 Å². The number of hydrogen-bond acceptors (Lipinski definition) is 5. The van der Waals surface area contributed by atoms with E-state index in [2.05, 4.69) is 10.3 Å². The number of carbonyl (C=O) groups excluding carboxylic acids is 1. The first-order chi connectivity index (χ1) is 9.46. The molecule has 1 saturated heterocycles. The summed E-state index contributed by atoms with van der Waals surface area (Å²) in [7, 11) is -1.12. The maximum Gasteiger partial charge on any atom is 0.234 e. The van der Waals surface area contributed by atoms with Gasteiger partial charge in [-0.05, 0) is 31.2 Å². The van der Waals surface area contributed by atoms with Crippen LogP contribution in [0.3, 0.4) is 0 Å². The Morgan fingerprint density at radius 3 is 2.75 bits per heavy atom. The van der Waals surface area contributed by atoms with Crippen molar-refractivity contribution < 1.29 is 13.2 Å². The van der Waals surface area contributed by atoms with Crippen LogP contribution in [0.25, 0.3) is 0 Å². The first-order valence-electron chi connectivity index (χ1n) is 6.52. The van der Waals surface area contributed by atoms with Gasteiger partial charge in [-0.25, -0.2) is 8.42 Å². The zero-order chi connectivity index (χ0) is 14.6. The molecular weight excluding hydrogens is 278 g/mol. The van der Waals surface area contributed by atoms with Crippen molar-refractivity contribution in [3.63, 3.8) is 0 Å². The van der Waals surface area contributed by atoms with E-state index in [4.69, 9.17) is 0 Å². The average Bonchev–Trinajstić information content (AvgIpc) is 2.78. The molecule has 6 nitrogen and oxygen atoms in total. The van der Waals surface area contributed by atoms with Crippen molar-refractivity contribution in [2.75, 3.05) is 25.1 Å². The van der Waals surface area contributed by atoms with Crippen molar-refractivity contribution in [3.8, 4) is 0 Å². The number of rotatable bonds is 5. The Labute approximate surface area is 119 Å². The normalized spacial score (nSPS) is 21.0. The van der Waals surface area contributed by atoms with Crippen LogP contribution in [0.4, 0.5) is 0 Å². The minimum atomic E-state index is -2.91. The van der Waals surface area contributed by atoms with Gasteiger partial charge < -0.3 is 5.32 Å². The molecule has 110 valence electrons. The molecule has 7 heteroatoms. The number of likely N-dealkylation sites (N-methyl/N-ethyl adjacent to an activating group) is 1. The van der Waals surface area contributed by atoms with Crippen LogP contribution in [0.5, 0.6) is 0 Å². The van der Waals surface area contributed by atoms with Gasteiger partial charge in [-0.3, -0.25) is 14.7 Å². The van der Waals surface area contributed by atoms with Gasteiger partial charge in [0.2, 0.25) is 5.91 Å². The second-order valence-corrected chi connectivity index (χ2v) is 7.33. The Morgan fingerprint density at radius 1 is 1.45 bits per heavy atom. The quantitative estimate of drug-likeness (QED) is 0.815. The summed E-state index contributed by atoms with van der Waals surface area (Å²) < 4.78 is 22.8. The van der Waals surface area contributed by atoms with E-state index in [1.807, 2.05) is 17.0 Å². The number of nitrogens with zero attached hydrogens (tertiary/aromatic N) is 2. The van der Waals surface area contributed by atoms with Gasteiger partial charge >= 0.3 is 0 Å². The molecule has 2 rings (SSSR count). The molecule has 0 saturated carbocycles. The number of amides is 1. The lowest BCUT2D eigenvalue weighted by Gasteiger charge is -2.22. The summed E-state index contributed by atoms with van der Waals surface area (Å²) in [6.45, 7) is 0.670. The first-order valence-corrected chi connectivity index (χ1v) is 8.35. The average molecular weight is 297 g/mol. The third-order valence-corrected chi connectivity index (χ3v) is 5.21. The molecule has 0 bridgehead atoms. The number of aromatic nitrogens is 1. The smallest absolute Gasteiger partial charge is 0.234 e. The van der Waals surface area contributed by atoms with Crippen molar-refractivity contribution in [2.24, 2.45) is 0 Å². The Kier molecular flexibility index (Phi) is 4.72. The second kappa shape index (κ2) is 6.32. The molecule has 1 aliphatic rings. The summed E-state index contributed by atoms with van der Waals surface area (Å²) in [6, 6.07) is 3.63. The van der Waals surface area contributed by atoms with Crippen molar-refractivity contribution in [1.29, 1.82) is 0 Å². The molecule has 1 atom stereocenters. The van der Waals surface area contributed by atoms with Gasteiger partial charge in [0.25, 0.3) is 0 Å². The molecule has 0 aliphatic carbocycles. The molecule has 1 aliphatic heterocycles. The van der Waals surface area contributed by atoms with Crippen molar-refractivity contribution >= 4 is 15.7 Å². The van der Waals surface area contributed by atoms with Gasteiger partial charge in [-0.1, -0.05) is 0 Å². The third kappa shape index (κ3) is 4.28. The van der Waals surface area contributed by atoms with Crippen LogP contribution in [0, 0.1) is 0 Å². The fourth-order valence-electron chi connectivity index (χ4n) is 2.24. The van der Waals surface area contributed by atoms with Crippen LogP contribution < -0.4 is 5.32 Å². The largest absolute Gasteiger partial charge is 0.351 e.